The Morgan fingerprint density at radius 3 is 2.02 bits per heavy atom. The number of rotatable bonds is 12. The van der Waals surface area contributed by atoms with E-state index in [1.807, 2.05) is 0 Å². The molecule has 23 heteroatoms. The molecule has 4 heterocycles. The fraction of sp³-hybridized carbons (Fsp3) is 0.429. The van der Waals surface area contributed by atoms with Crippen LogP contribution < -0.4 is 14.9 Å². The van der Waals surface area contributed by atoms with Crippen LogP contribution in [0.2, 0.25) is 0 Å². The lowest BCUT2D eigenvalue weighted by atomic mass is 9.97. The molecule has 3 aliphatic rings. The number of hydrogen-bond donors (Lipinski definition) is 13. The first-order chi connectivity index (χ1) is 30.9. The van der Waals surface area contributed by atoms with Gasteiger partial charge >= 0.3 is 5.97 Å². The predicted molar refractivity (Wildman–Crippen MR) is 214 cm³/mol. The summed E-state index contributed by atoms with van der Waals surface area (Å²) in [6.07, 6.45) is -24.4. The fourth-order valence-corrected chi connectivity index (χ4v) is 7.23. The normalized spacial score (nSPS) is 32.9. The highest BCUT2D eigenvalue weighted by molar-refractivity contribution is 5.89. The molecule has 3 saturated heterocycles. The number of hydrogen-bond acceptors (Lipinski definition) is 23. The summed E-state index contributed by atoms with van der Waals surface area (Å²) >= 11 is 0. The molecule has 7 rings (SSSR count). The lowest BCUT2D eigenvalue weighted by molar-refractivity contribution is -0.355. The second-order valence-corrected chi connectivity index (χ2v) is 15.4. The van der Waals surface area contributed by atoms with Gasteiger partial charge in [-0.05, 0) is 48.9 Å². The highest BCUT2D eigenvalue weighted by atomic mass is 16.8. The van der Waals surface area contributed by atoms with Gasteiger partial charge in [0.2, 0.25) is 23.8 Å². The maximum atomic E-state index is 14.4. The Labute approximate surface area is 365 Å². The van der Waals surface area contributed by atoms with Crippen molar-refractivity contribution >= 4 is 23.0 Å². The lowest BCUT2D eigenvalue weighted by Gasteiger charge is -2.45. The third-order valence-corrected chi connectivity index (χ3v) is 10.9. The van der Waals surface area contributed by atoms with Gasteiger partial charge in [-0.25, -0.2) is 4.79 Å². The average molecular weight is 919 g/mol. The Morgan fingerprint density at radius 1 is 0.677 bits per heavy atom. The number of phenolic OH excluding ortho intramolecular Hbond substituents is 4. The van der Waals surface area contributed by atoms with Gasteiger partial charge in [-0.3, -0.25) is 4.79 Å². The van der Waals surface area contributed by atoms with E-state index in [2.05, 4.69) is 0 Å². The zero-order chi connectivity index (χ0) is 47.0. The summed E-state index contributed by atoms with van der Waals surface area (Å²) in [4.78, 5) is 26.9. The highest BCUT2D eigenvalue weighted by Gasteiger charge is 2.51. The molecule has 15 atom stereocenters. The first kappa shape index (κ1) is 47.3. The number of fused-ring (bicyclic) bond motifs is 1. The summed E-state index contributed by atoms with van der Waals surface area (Å²) < 4.78 is 45.6. The van der Waals surface area contributed by atoms with E-state index in [0.717, 1.165) is 30.3 Å². The van der Waals surface area contributed by atoms with Gasteiger partial charge in [-0.15, -0.1) is 0 Å². The standard InChI is InChI=1S/C42H46O23/c1-15-28(49)34(55)39(65-41-36(57)33(54)30(51)25(63-41)14-58-26(48)9-4-16-2-6-18(44)7-3-16)42(59-15)64-38-31(52)27-22(47)11-19(60-40-35(56)32(53)29(50)24(13-43)62-40)12-23(27)61-37(38)17-5-8-20(45)21(46)10-17/h2-12,15,24-25,28-30,32-36,39-47,49-51,53-57H,13-14H2,1H3/b9-4+/t15-,24-,25-,28-,29+,30-,32+,33+,34+,35+,36+,39+,40-,41+,42-/m0/s1. The Morgan fingerprint density at radius 2 is 1.34 bits per heavy atom. The minimum absolute atomic E-state index is 0.000991. The van der Waals surface area contributed by atoms with Crippen LogP contribution in [0, 0.1) is 0 Å². The molecule has 0 bridgehead atoms. The van der Waals surface area contributed by atoms with E-state index >= 15 is 0 Å². The van der Waals surface area contributed by atoms with Gasteiger partial charge < -0.3 is 104 Å². The fourth-order valence-electron chi connectivity index (χ4n) is 7.23. The van der Waals surface area contributed by atoms with Gasteiger partial charge in [-0.1, -0.05) is 12.1 Å². The zero-order valence-electron chi connectivity index (χ0n) is 33.8. The van der Waals surface area contributed by atoms with E-state index in [1.54, 1.807) is 0 Å². The molecule has 0 spiro atoms. The van der Waals surface area contributed by atoms with E-state index in [4.69, 9.17) is 37.6 Å². The van der Waals surface area contributed by atoms with Crippen molar-refractivity contribution in [3.63, 3.8) is 0 Å². The first-order valence-corrected chi connectivity index (χ1v) is 19.9. The van der Waals surface area contributed by atoms with Crippen LogP contribution in [0.4, 0.5) is 0 Å². The minimum atomic E-state index is -2.06. The second kappa shape index (κ2) is 19.4. The van der Waals surface area contributed by atoms with Gasteiger partial charge in [0, 0.05) is 23.8 Å². The Balaban J connectivity index is 1.19. The molecular formula is C42H46O23. The molecule has 352 valence electrons. The van der Waals surface area contributed by atoms with Gasteiger partial charge in [0.1, 0.15) is 95.9 Å². The number of ether oxygens (including phenoxy) is 7. The second-order valence-electron chi connectivity index (χ2n) is 15.4. The number of carbonyl (C=O) groups excluding carboxylic acids is 1. The summed E-state index contributed by atoms with van der Waals surface area (Å²) in [5.41, 5.74) is -1.19. The summed E-state index contributed by atoms with van der Waals surface area (Å²) in [5, 5.41) is 136. The lowest BCUT2D eigenvalue weighted by Crippen LogP contribution is -2.64. The van der Waals surface area contributed by atoms with Crippen molar-refractivity contribution in [2.45, 2.75) is 99.0 Å². The molecule has 0 unspecified atom stereocenters. The van der Waals surface area contributed by atoms with Crippen LogP contribution in [-0.2, 0) is 28.5 Å². The van der Waals surface area contributed by atoms with Crippen LogP contribution in [0.1, 0.15) is 12.5 Å². The maximum Gasteiger partial charge on any atom is 0.330 e. The molecule has 3 aromatic carbocycles. The van der Waals surface area contributed by atoms with Crippen molar-refractivity contribution in [1.29, 1.82) is 0 Å². The smallest absolute Gasteiger partial charge is 0.330 e. The van der Waals surface area contributed by atoms with Crippen molar-refractivity contribution in [1.82, 2.24) is 0 Å². The third kappa shape index (κ3) is 9.83. The van der Waals surface area contributed by atoms with E-state index in [9.17, 15) is 76.0 Å². The van der Waals surface area contributed by atoms with Crippen LogP contribution in [0.5, 0.6) is 34.5 Å². The van der Waals surface area contributed by atoms with Crippen molar-refractivity contribution in [3.8, 4) is 45.8 Å². The van der Waals surface area contributed by atoms with Crippen molar-refractivity contribution < 1.29 is 109 Å². The van der Waals surface area contributed by atoms with Gasteiger partial charge in [0.15, 0.2) is 29.7 Å². The molecule has 23 nitrogen and oxygen atoms in total. The molecular weight excluding hydrogens is 872 g/mol. The molecule has 0 aliphatic carbocycles. The van der Waals surface area contributed by atoms with E-state index in [1.165, 1.54) is 43.3 Å². The maximum absolute atomic E-state index is 14.4. The first-order valence-electron chi connectivity index (χ1n) is 19.9. The molecule has 0 saturated carbocycles. The Bertz CT molecular complexity index is 2400. The van der Waals surface area contributed by atoms with Crippen molar-refractivity contribution in [2.24, 2.45) is 0 Å². The van der Waals surface area contributed by atoms with Crippen LogP contribution in [0.15, 0.2) is 69.9 Å². The SMILES string of the molecule is C[C@@H]1O[C@@H](Oc2c(-c3ccc(O)c(O)c3)oc3cc(O[C@H]4O[C@@H](CO)[C@@H](O)[C@@H](O)[C@H]4O)cc(O)c3c2=O)[C@H](O[C@H]2O[C@@H](COC(=O)/C=C/c3ccc(O)cc3)[C@H](O)[C@@H](O)[C@H]2O)[C@H](O)[C@H]1O. The summed E-state index contributed by atoms with van der Waals surface area (Å²) in [6, 6.07) is 10.9. The average Bonchev–Trinajstić information content (AvgIpc) is 3.28. The quantitative estimate of drug-likeness (QED) is 0.0406. The number of carbonyl (C=O) groups is 1. The monoisotopic (exact) mass is 918 g/mol. The number of aliphatic hydroxyl groups excluding tert-OH is 9. The number of esters is 1. The molecule has 3 fully saturated rings. The van der Waals surface area contributed by atoms with Crippen molar-refractivity contribution in [2.75, 3.05) is 13.2 Å². The Hall–Kier alpha value is -5.64. The van der Waals surface area contributed by atoms with Crippen LogP contribution in [0.3, 0.4) is 0 Å². The van der Waals surface area contributed by atoms with Crippen molar-refractivity contribution in [3.05, 3.63) is 76.5 Å². The minimum Gasteiger partial charge on any atom is -0.508 e. The largest absolute Gasteiger partial charge is 0.508 e. The van der Waals surface area contributed by atoms with Gasteiger partial charge in [-0.2, -0.15) is 0 Å². The summed E-state index contributed by atoms with van der Waals surface area (Å²) in [7, 11) is 0. The van der Waals surface area contributed by atoms with E-state index in [0.29, 0.717) is 5.56 Å². The van der Waals surface area contributed by atoms with Gasteiger partial charge in [0.05, 0.1) is 12.7 Å². The third-order valence-electron chi connectivity index (χ3n) is 10.9. The molecule has 65 heavy (non-hydrogen) atoms. The van der Waals surface area contributed by atoms with Gasteiger partial charge in [0.25, 0.3) is 0 Å². The highest BCUT2D eigenvalue weighted by Crippen LogP contribution is 2.41. The number of benzene rings is 3. The number of phenols is 4. The van der Waals surface area contributed by atoms with Crippen LogP contribution >= 0.6 is 0 Å². The zero-order valence-corrected chi connectivity index (χ0v) is 33.8. The van der Waals surface area contributed by atoms with E-state index in [-0.39, 0.29) is 17.1 Å². The summed E-state index contributed by atoms with van der Waals surface area (Å²) in [5.74, 6) is -4.66. The van der Waals surface area contributed by atoms with Crippen LogP contribution in [0.25, 0.3) is 28.4 Å². The molecule has 1 aromatic heterocycles. The molecule has 4 aromatic rings. The van der Waals surface area contributed by atoms with Crippen LogP contribution in [-0.4, -0.2) is 178 Å². The molecule has 3 aliphatic heterocycles. The molecule has 0 amide bonds. The number of aromatic hydroxyl groups is 4. The topological polar surface area (TPSA) is 375 Å². The predicted octanol–water partition coefficient (Wildman–Crippen LogP) is -2.24. The number of aliphatic hydroxyl groups is 9. The molecule has 13 N–H and O–H groups in total. The summed E-state index contributed by atoms with van der Waals surface area (Å²) in [6.45, 7) is -0.163. The van der Waals surface area contributed by atoms with E-state index < -0.39 is 156 Å². The molecule has 0 radical (unpaired) electrons. The Kier molecular flexibility index (Phi) is 14.2.